The second-order valence-electron chi connectivity index (χ2n) is 11.6. The highest BCUT2D eigenvalue weighted by Crippen LogP contribution is 2.45. The van der Waals surface area contributed by atoms with Crippen molar-refractivity contribution >= 4 is 28.7 Å². The summed E-state index contributed by atoms with van der Waals surface area (Å²) >= 11 is 0. The van der Waals surface area contributed by atoms with Gasteiger partial charge in [-0.2, -0.15) is 0 Å². The van der Waals surface area contributed by atoms with Crippen LogP contribution in [-0.4, -0.2) is 76.9 Å². The maximum absolute atomic E-state index is 12.8. The molecule has 2 amide bonds. The predicted octanol–water partition coefficient (Wildman–Crippen LogP) is 4.16. The average Bonchev–Trinajstić information content (AvgIpc) is 3.06. The van der Waals surface area contributed by atoms with Crippen molar-refractivity contribution in [1.29, 1.82) is 0 Å². The van der Waals surface area contributed by atoms with Crippen LogP contribution in [0.15, 0.2) is 4.99 Å². The normalized spacial score (nSPS) is 30.2. The Bertz CT molecular complexity index is 729. The molecular weight excluding hydrogens is 418 g/mol. The number of aliphatic imine (C=N–C) groups is 1. The van der Waals surface area contributed by atoms with Crippen molar-refractivity contribution < 1.29 is 23.1 Å². The summed E-state index contributed by atoms with van der Waals surface area (Å²) in [6.07, 6.45) is -2.06. The molecule has 0 aromatic carbocycles. The molecule has 3 aliphatic heterocycles. The minimum absolute atomic E-state index is 0.0181. The zero-order valence-corrected chi connectivity index (χ0v) is 22.4. The van der Waals surface area contributed by atoms with E-state index in [1.807, 2.05) is 0 Å². The lowest BCUT2D eigenvalue weighted by Crippen LogP contribution is -2.53. The summed E-state index contributed by atoms with van der Waals surface area (Å²) < 4.78 is 26.0. The Morgan fingerprint density at radius 1 is 1.00 bits per heavy atom. The van der Waals surface area contributed by atoms with E-state index < -0.39 is 41.4 Å². The average molecular weight is 458 g/mol. The molecule has 0 saturated carbocycles. The molecule has 2 saturated heterocycles. The minimum atomic E-state index is -2.15. The number of fused-ring (bicyclic) bond motifs is 3. The summed E-state index contributed by atoms with van der Waals surface area (Å²) in [4.78, 5) is 20.2. The molecule has 4 atom stereocenters. The highest BCUT2D eigenvalue weighted by atomic mass is 28.4. The molecule has 172 valence electrons. The molecule has 0 bridgehead atoms. The van der Waals surface area contributed by atoms with Gasteiger partial charge in [-0.15, -0.1) is 0 Å². The highest BCUT2D eigenvalue weighted by Gasteiger charge is 2.61. The number of hydrogen-bond donors (Lipinski definition) is 0. The van der Waals surface area contributed by atoms with Crippen molar-refractivity contribution in [3.63, 3.8) is 0 Å². The second kappa shape index (κ2) is 7.29. The van der Waals surface area contributed by atoms with Gasteiger partial charge in [-0.25, -0.2) is 14.7 Å². The van der Waals surface area contributed by atoms with Crippen molar-refractivity contribution in [2.24, 2.45) is 4.99 Å². The van der Waals surface area contributed by atoms with Crippen LogP contribution < -0.4 is 0 Å². The van der Waals surface area contributed by atoms with Gasteiger partial charge in [0, 0.05) is 7.05 Å². The van der Waals surface area contributed by atoms with Crippen LogP contribution in [0.1, 0.15) is 41.5 Å². The van der Waals surface area contributed by atoms with E-state index in [0.717, 1.165) is 0 Å². The zero-order valence-electron chi connectivity index (χ0n) is 20.4. The van der Waals surface area contributed by atoms with Crippen LogP contribution in [0.5, 0.6) is 0 Å². The lowest BCUT2D eigenvalue weighted by molar-refractivity contribution is -0.131. The fraction of sp³-hybridized carbons (Fsp3) is 0.900. The third-order valence-electron chi connectivity index (χ3n) is 7.25. The Morgan fingerprint density at radius 2 is 1.53 bits per heavy atom. The van der Waals surface area contributed by atoms with Gasteiger partial charge >= 0.3 is 6.03 Å². The van der Waals surface area contributed by atoms with E-state index in [0.29, 0.717) is 6.02 Å². The Hall–Kier alpha value is -0.946. The van der Waals surface area contributed by atoms with Gasteiger partial charge in [0.1, 0.15) is 12.8 Å². The van der Waals surface area contributed by atoms with Gasteiger partial charge in [-0.3, -0.25) is 0 Å². The SMILES string of the molecule is CN1CN=C2O[C@H]3[C@H](O[Si](C)(C)C(C)(C)C)[C@@H](O[Si](C)(C)C(C)(C)C)O[C@H]3N2C1=O. The molecule has 10 heteroatoms. The highest BCUT2D eigenvalue weighted by molar-refractivity contribution is 6.74. The number of ether oxygens (including phenoxy) is 2. The van der Waals surface area contributed by atoms with E-state index in [2.05, 4.69) is 72.7 Å². The van der Waals surface area contributed by atoms with Crippen LogP contribution in [0.25, 0.3) is 0 Å². The van der Waals surface area contributed by atoms with E-state index >= 15 is 0 Å². The van der Waals surface area contributed by atoms with Gasteiger partial charge in [0.2, 0.25) is 0 Å². The van der Waals surface area contributed by atoms with Gasteiger partial charge in [-0.05, 0) is 36.3 Å². The van der Waals surface area contributed by atoms with Crippen LogP contribution in [-0.2, 0) is 18.3 Å². The monoisotopic (exact) mass is 457 g/mol. The molecule has 30 heavy (non-hydrogen) atoms. The molecule has 0 unspecified atom stereocenters. The number of urea groups is 1. The Balaban J connectivity index is 1.93. The van der Waals surface area contributed by atoms with E-state index in [-0.39, 0.29) is 22.8 Å². The first-order valence-electron chi connectivity index (χ1n) is 10.7. The van der Waals surface area contributed by atoms with Crippen molar-refractivity contribution in [2.45, 2.75) is 103 Å². The summed E-state index contributed by atoms with van der Waals surface area (Å²) in [6.45, 7) is 22.3. The molecule has 3 rings (SSSR count). The Kier molecular flexibility index (Phi) is 5.77. The summed E-state index contributed by atoms with van der Waals surface area (Å²) in [5.74, 6) is 0. The van der Waals surface area contributed by atoms with Gasteiger partial charge in [0.15, 0.2) is 35.3 Å². The largest absolute Gasteiger partial charge is 0.454 e. The molecule has 0 aromatic rings. The van der Waals surface area contributed by atoms with Crippen molar-refractivity contribution in [3.05, 3.63) is 0 Å². The van der Waals surface area contributed by atoms with E-state index in [1.165, 1.54) is 4.90 Å². The Labute approximate surface area is 183 Å². The predicted molar refractivity (Wildman–Crippen MR) is 121 cm³/mol. The summed E-state index contributed by atoms with van der Waals surface area (Å²) in [5, 5.41) is 0.0377. The number of carbonyl (C=O) groups is 1. The smallest absolute Gasteiger partial charge is 0.331 e. The van der Waals surface area contributed by atoms with Crippen LogP contribution in [0, 0.1) is 0 Å². The molecule has 0 aromatic heterocycles. The maximum atomic E-state index is 12.8. The number of amidine groups is 1. The molecule has 0 spiro atoms. The fourth-order valence-corrected chi connectivity index (χ4v) is 5.55. The summed E-state index contributed by atoms with van der Waals surface area (Å²) in [5.41, 5.74) is 0. The van der Waals surface area contributed by atoms with Crippen LogP contribution in [0.3, 0.4) is 0 Å². The number of amides is 2. The number of nitrogens with zero attached hydrogens (tertiary/aromatic N) is 3. The maximum Gasteiger partial charge on any atom is 0.331 e. The summed E-state index contributed by atoms with van der Waals surface area (Å²) in [6, 6.07) is 0.147. The van der Waals surface area contributed by atoms with Gasteiger partial charge < -0.3 is 23.2 Å². The van der Waals surface area contributed by atoms with Crippen LogP contribution in [0.4, 0.5) is 4.79 Å². The molecular formula is C20H39N3O5Si2. The number of hydrogen-bond acceptors (Lipinski definition) is 6. The zero-order chi connectivity index (χ0) is 22.9. The van der Waals surface area contributed by atoms with E-state index in [4.69, 9.17) is 18.3 Å². The first-order chi connectivity index (χ1) is 13.5. The molecule has 8 nitrogen and oxygen atoms in total. The number of rotatable bonds is 4. The molecule has 3 heterocycles. The lowest BCUT2D eigenvalue weighted by atomic mass is 10.2. The fourth-order valence-electron chi connectivity index (χ4n) is 3.15. The summed E-state index contributed by atoms with van der Waals surface area (Å²) in [7, 11) is -2.57. The molecule has 0 N–H and O–H groups in total. The second-order valence-corrected chi connectivity index (χ2v) is 21.1. The molecule has 3 aliphatic rings. The van der Waals surface area contributed by atoms with Gasteiger partial charge in [0.05, 0.1) is 0 Å². The van der Waals surface area contributed by atoms with Crippen molar-refractivity contribution in [2.75, 3.05) is 13.7 Å². The minimum Gasteiger partial charge on any atom is -0.454 e. The third-order valence-corrected chi connectivity index (χ3v) is 16.2. The van der Waals surface area contributed by atoms with Gasteiger partial charge in [-0.1, -0.05) is 41.5 Å². The number of carbonyl (C=O) groups excluding carboxylic acids is 1. The lowest BCUT2D eigenvalue weighted by Gasteiger charge is -2.43. The van der Waals surface area contributed by atoms with Crippen LogP contribution in [0.2, 0.25) is 36.3 Å². The van der Waals surface area contributed by atoms with E-state index in [1.54, 1.807) is 11.9 Å². The third kappa shape index (κ3) is 3.97. The van der Waals surface area contributed by atoms with E-state index in [9.17, 15) is 4.79 Å². The van der Waals surface area contributed by atoms with Gasteiger partial charge in [0.25, 0.3) is 6.02 Å². The molecule has 0 aliphatic carbocycles. The topological polar surface area (TPSA) is 72.8 Å². The standard InChI is InChI=1S/C20H39N3O5Si2/c1-19(2,3)29(8,9)27-14-13-15(23-17(25-13)21-12-22(7)18(23)24)26-16(14)28-30(10,11)20(4,5)6/h13-16H,12H2,1-11H3/t13-,14-,15+,16+/m0/s1. The van der Waals surface area contributed by atoms with Crippen LogP contribution >= 0.6 is 0 Å². The first kappa shape index (κ1) is 23.7. The van der Waals surface area contributed by atoms with Crippen molar-refractivity contribution in [1.82, 2.24) is 9.80 Å². The molecule has 2 fully saturated rings. The first-order valence-corrected chi connectivity index (χ1v) is 16.5. The van der Waals surface area contributed by atoms with Crippen molar-refractivity contribution in [3.8, 4) is 0 Å². The Morgan fingerprint density at radius 3 is 2.07 bits per heavy atom. The quantitative estimate of drug-likeness (QED) is 0.593. The molecule has 0 radical (unpaired) electrons.